The van der Waals surface area contributed by atoms with Crippen LogP contribution in [0.15, 0.2) is 0 Å². The SMILES string of the molecule is C.CCCCCCCCCCCCCCCCCC(CCCCCCCCCCCCCC)OC(=O)NCCCOCCOC. The first-order chi connectivity index (χ1) is 21.7. The van der Waals surface area contributed by atoms with Crippen LogP contribution in [0.4, 0.5) is 4.79 Å². The first-order valence-electron chi connectivity index (χ1n) is 19.8. The van der Waals surface area contributed by atoms with Crippen LogP contribution in [0.3, 0.4) is 0 Å². The first-order valence-corrected chi connectivity index (χ1v) is 19.8. The molecule has 1 atom stereocenters. The number of rotatable bonds is 37. The molecule has 0 heterocycles. The molecule has 0 radical (unpaired) electrons. The van der Waals surface area contributed by atoms with Gasteiger partial charge in [0.15, 0.2) is 0 Å². The van der Waals surface area contributed by atoms with Crippen LogP contribution >= 0.6 is 0 Å². The lowest BCUT2D eigenvalue weighted by molar-refractivity contribution is 0.0670. The van der Waals surface area contributed by atoms with Gasteiger partial charge in [0.2, 0.25) is 0 Å². The van der Waals surface area contributed by atoms with E-state index in [4.69, 9.17) is 14.2 Å². The van der Waals surface area contributed by atoms with Gasteiger partial charge in [-0.05, 0) is 32.1 Å². The summed E-state index contributed by atoms with van der Waals surface area (Å²) in [6.07, 6.45) is 39.5. The average molecular weight is 642 g/mol. The minimum Gasteiger partial charge on any atom is -0.446 e. The predicted molar refractivity (Wildman–Crippen MR) is 198 cm³/mol. The van der Waals surface area contributed by atoms with Crippen LogP contribution in [0.25, 0.3) is 0 Å². The molecule has 0 bridgehead atoms. The molecule has 0 aliphatic heterocycles. The highest BCUT2D eigenvalue weighted by molar-refractivity contribution is 5.67. The van der Waals surface area contributed by atoms with E-state index in [9.17, 15) is 4.79 Å². The number of hydrogen-bond donors (Lipinski definition) is 1. The second-order valence-electron chi connectivity index (χ2n) is 13.3. The number of hydrogen-bond acceptors (Lipinski definition) is 4. The fourth-order valence-corrected chi connectivity index (χ4v) is 6.02. The summed E-state index contributed by atoms with van der Waals surface area (Å²) in [4.78, 5) is 12.5. The van der Waals surface area contributed by atoms with Gasteiger partial charge in [-0.3, -0.25) is 0 Å². The lowest BCUT2D eigenvalue weighted by atomic mass is 10.0. The van der Waals surface area contributed by atoms with E-state index in [1.165, 1.54) is 173 Å². The summed E-state index contributed by atoms with van der Waals surface area (Å²) in [6, 6.07) is 0. The average Bonchev–Trinajstić information content (AvgIpc) is 3.02. The van der Waals surface area contributed by atoms with Crippen molar-refractivity contribution in [2.75, 3.05) is 33.5 Å². The van der Waals surface area contributed by atoms with E-state index in [1.807, 2.05) is 0 Å². The summed E-state index contributed by atoms with van der Waals surface area (Å²) in [6.45, 7) is 7.01. The van der Waals surface area contributed by atoms with E-state index >= 15 is 0 Å². The minimum absolute atomic E-state index is 0. The molecule has 5 heteroatoms. The maximum atomic E-state index is 12.5. The van der Waals surface area contributed by atoms with Crippen LogP contribution in [-0.4, -0.2) is 45.7 Å². The van der Waals surface area contributed by atoms with Crippen molar-refractivity contribution in [1.82, 2.24) is 5.32 Å². The Morgan fingerprint density at radius 1 is 0.489 bits per heavy atom. The third-order valence-electron chi connectivity index (χ3n) is 8.95. The Hall–Kier alpha value is -0.810. The highest BCUT2D eigenvalue weighted by Crippen LogP contribution is 2.18. The molecular formula is C40H83NO4. The van der Waals surface area contributed by atoms with Crippen molar-refractivity contribution in [3.8, 4) is 0 Å². The van der Waals surface area contributed by atoms with Gasteiger partial charge in [0.05, 0.1) is 13.2 Å². The molecule has 0 aliphatic carbocycles. The van der Waals surface area contributed by atoms with Crippen LogP contribution in [-0.2, 0) is 14.2 Å². The van der Waals surface area contributed by atoms with Gasteiger partial charge in [-0.15, -0.1) is 0 Å². The molecule has 0 spiro atoms. The zero-order chi connectivity index (χ0) is 32.0. The van der Waals surface area contributed by atoms with Crippen molar-refractivity contribution in [2.24, 2.45) is 0 Å². The molecule has 1 N–H and O–H groups in total. The monoisotopic (exact) mass is 642 g/mol. The van der Waals surface area contributed by atoms with E-state index in [1.54, 1.807) is 7.11 Å². The van der Waals surface area contributed by atoms with Gasteiger partial charge in [-0.1, -0.05) is 182 Å². The molecule has 45 heavy (non-hydrogen) atoms. The van der Waals surface area contributed by atoms with Crippen LogP contribution in [0, 0.1) is 0 Å². The Bertz CT molecular complexity index is 544. The third kappa shape index (κ3) is 39.3. The number of ether oxygens (including phenoxy) is 3. The quantitative estimate of drug-likeness (QED) is 0.0686. The Labute approximate surface area is 283 Å². The van der Waals surface area contributed by atoms with E-state index in [0.717, 1.165) is 19.3 Å². The van der Waals surface area contributed by atoms with Crippen molar-refractivity contribution < 1.29 is 19.0 Å². The molecule has 0 fully saturated rings. The van der Waals surface area contributed by atoms with E-state index in [0.29, 0.717) is 26.4 Å². The maximum Gasteiger partial charge on any atom is 0.407 e. The van der Waals surface area contributed by atoms with Crippen molar-refractivity contribution in [2.45, 2.75) is 220 Å². The van der Waals surface area contributed by atoms with Crippen molar-refractivity contribution in [3.05, 3.63) is 0 Å². The summed E-state index contributed by atoms with van der Waals surface area (Å²) in [5, 5.41) is 2.93. The summed E-state index contributed by atoms with van der Waals surface area (Å²) < 4.78 is 16.4. The molecule has 1 amide bonds. The summed E-state index contributed by atoms with van der Waals surface area (Å²) in [5.41, 5.74) is 0. The second kappa shape index (κ2) is 41.2. The largest absolute Gasteiger partial charge is 0.446 e. The van der Waals surface area contributed by atoms with Crippen LogP contribution in [0.5, 0.6) is 0 Å². The predicted octanol–water partition coefficient (Wildman–Crippen LogP) is 13.1. The number of methoxy groups -OCH3 is 1. The number of carbonyl (C=O) groups is 1. The molecule has 0 aromatic carbocycles. The summed E-state index contributed by atoms with van der Waals surface area (Å²) >= 11 is 0. The highest BCUT2D eigenvalue weighted by atomic mass is 16.6. The van der Waals surface area contributed by atoms with Gasteiger partial charge in [0, 0.05) is 20.3 Å². The van der Waals surface area contributed by atoms with Crippen LogP contribution in [0.1, 0.15) is 214 Å². The highest BCUT2D eigenvalue weighted by Gasteiger charge is 2.14. The second-order valence-corrected chi connectivity index (χ2v) is 13.3. The van der Waals surface area contributed by atoms with Gasteiger partial charge in [0.1, 0.15) is 6.10 Å². The molecule has 0 saturated heterocycles. The number of alkyl carbamates (subject to hydrolysis) is 1. The lowest BCUT2D eigenvalue weighted by Gasteiger charge is -2.18. The minimum atomic E-state index is -0.258. The van der Waals surface area contributed by atoms with Crippen LogP contribution < -0.4 is 5.32 Å². The number of carbonyl (C=O) groups excluding carboxylic acids is 1. The maximum absolute atomic E-state index is 12.5. The topological polar surface area (TPSA) is 56.8 Å². The molecular weight excluding hydrogens is 558 g/mol. The Kier molecular flexibility index (Phi) is 42.4. The molecule has 0 aliphatic rings. The van der Waals surface area contributed by atoms with Gasteiger partial charge < -0.3 is 19.5 Å². The van der Waals surface area contributed by atoms with Gasteiger partial charge in [-0.2, -0.15) is 0 Å². The fourth-order valence-electron chi connectivity index (χ4n) is 6.02. The zero-order valence-corrected chi connectivity index (χ0v) is 30.3. The first kappa shape index (κ1) is 46.3. The van der Waals surface area contributed by atoms with E-state index in [-0.39, 0.29) is 19.6 Å². The Balaban J connectivity index is 0. The Morgan fingerprint density at radius 2 is 0.844 bits per heavy atom. The van der Waals surface area contributed by atoms with Crippen molar-refractivity contribution >= 4 is 6.09 Å². The number of amides is 1. The fraction of sp³-hybridized carbons (Fsp3) is 0.975. The smallest absolute Gasteiger partial charge is 0.407 e. The Morgan fingerprint density at radius 3 is 1.20 bits per heavy atom. The third-order valence-corrected chi connectivity index (χ3v) is 8.95. The number of unbranched alkanes of at least 4 members (excludes halogenated alkanes) is 25. The molecule has 1 unspecified atom stereocenters. The van der Waals surface area contributed by atoms with Crippen molar-refractivity contribution in [1.29, 1.82) is 0 Å². The lowest BCUT2D eigenvalue weighted by Crippen LogP contribution is -2.30. The normalized spacial score (nSPS) is 11.8. The van der Waals surface area contributed by atoms with Crippen molar-refractivity contribution in [3.63, 3.8) is 0 Å². The van der Waals surface area contributed by atoms with Gasteiger partial charge >= 0.3 is 6.09 Å². The molecule has 0 aromatic rings. The van der Waals surface area contributed by atoms with E-state index < -0.39 is 0 Å². The molecule has 272 valence electrons. The summed E-state index contributed by atoms with van der Waals surface area (Å²) in [7, 11) is 1.67. The molecule has 0 rings (SSSR count). The molecule has 0 saturated carbocycles. The molecule has 5 nitrogen and oxygen atoms in total. The molecule has 0 aromatic heterocycles. The van der Waals surface area contributed by atoms with E-state index in [2.05, 4.69) is 19.2 Å². The van der Waals surface area contributed by atoms with Gasteiger partial charge in [0.25, 0.3) is 0 Å². The van der Waals surface area contributed by atoms with Crippen LogP contribution in [0.2, 0.25) is 0 Å². The number of nitrogens with one attached hydrogen (secondary N) is 1. The summed E-state index contributed by atoms with van der Waals surface area (Å²) in [5.74, 6) is 0. The zero-order valence-electron chi connectivity index (χ0n) is 30.3. The van der Waals surface area contributed by atoms with Gasteiger partial charge in [-0.25, -0.2) is 4.79 Å². The standard InChI is InChI=1S/C39H79NO4.CH4/c1-4-6-8-10-12-14-16-18-19-20-22-24-26-28-30-33-38(44-39(41)40-34-31-35-43-37-36-42-3)32-29-27-25-23-21-17-15-13-11-9-7-5-2;/h38H,4-37H2,1-3H3,(H,40,41);1H4.